The van der Waals surface area contributed by atoms with E-state index < -0.39 is 0 Å². The van der Waals surface area contributed by atoms with Gasteiger partial charge >= 0.3 is 0 Å². The summed E-state index contributed by atoms with van der Waals surface area (Å²) in [6.07, 6.45) is 6.78. The van der Waals surface area contributed by atoms with Crippen LogP contribution in [0.1, 0.15) is 13.3 Å². The second-order valence-electron chi connectivity index (χ2n) is 2.45. The Morgan fingerprint density at radius 3 is 3.08 bits per heavy atom. The molecule has 0 aromatic carbocycles. The smallest absolute Gasteiger partial charge is 0.0476 e. The van der Waals surface area contributed by atoms with Crippen molar-refractivity contribution in [2.45, 2.75) is 13.3 Å². The molecule has 0 saturated carbocycles. The molecule has 0 radical (unpaired) electrons. The standard InChI is InChI=1S/C9H12ClNS/c1-2-12-7-4-3-5-8(10)9(11)6-7/h3-4,6H,2,5,11H2,1H3. The van der Waals surface area contributed by atoms with Gasteiger partial charge in [0.15, 0.2) is 0 Å². The maximum Gasteiger partial charge on any atom is 0.0476 e. The molecule has 1 aliphatic rings. The highest BCUT2D eigenvalue weighted by atomic mass is 35.5. The molecule has 12 heavy (non-hydrogen) atoms. The van der Waals surface area contributed by atoms with Crippen molar-refractivity contribution in [3.8, 4) is 0 Å². The molecule has 1 rings (SSSR count). The minimum atomic E-state index is 0.692. The van der Waals surface area contributed by atoms with Gasteiger partial charge in [-0.3, -0.25) is 0 Å². The third-order valence-electron chi connectivity index (χ3n) is 1.50. The average molecular weight is 202 g/mol. The number of rotatable bonds is 2. The lowest BCUT2D eigenvalue weighted by Crippen LogP contribution is -1.95. The predicted octanol–water partition coefficient (Wildman–Crippen LogP) is 2.99. The van der Waals surface area contributed by atoms with Crippen LogP contribution >= 0.6 is 23.4 Å². The second kappa shape index (κ2) is 4.63. The van der Waals surface area contributed by atoms with Crippen molar-refractivity contribution in [3.63, 3.8) is 0 Å². The van der Waals surface area contributed by atoms with Crippen molar-refractivity contribution in [2.24, 2.45) is 5.73 Å². The van der Waals surface area contributed by atoms with Gasteiger partial charge in [0.25, 0.3) is 0 Å². The van der Waals surface area contributed by atoms with Crippen LogP contribution in [0.5, 0.6) is 0 Å². The Balaban J connectivity index is 2.81. The first kappa shape index (κ1) is 9.75. The number of hydrogen-bond acceptors (Lipinski definition) is 2. The van der Waals surface area contributed by atoms with Crippen molar-refractivity contribution in [2.75, 3.05) is 5.75 Å². The molecular weight excluding hydrogens is 190 g/mol. The Bertz CT molecular complexity index is 253. The second-order valence-corrected chi connectivity index (χ2v) is 4.24. The van der Waals surface area contributed by atoms with E-state index in [0.717, 1.165) is 17.2 Å². The summed E-state index contributed by atoms with van der Waals surface area (Å²) in [6.45, 7) is 2.12. The molecule has 0 aromatic rings. The Labute approximate surface area is 82.4 Å². The van der Waals surface area contributed by atoms with E-state index in [2.05, 4.69) is 13.0 Å². The summed E-state index contributed by atoms with van der Waals surface area (Å²) in [5, 5.41) is 0.734. The Morgan fingerprint density at radius 2 is 2.42 bits per heavy atom. The maximum atomic E-state index is 5.89. The lowest BCUT2D eigenvalue weighted by molar-refractivity contribution is 1.28. The lowest BCUT2D eigenvalue weighted by atomic mass is 10.3. The Morgan fingerprint density at radius 1 is 1.67 bits per heavy atom. The number of hydrogen-bond donors (Lipinski definition) is 1. The molecule has 0 aliphatic heterocycles. The molecule has 0 aromatic heterocycles. The molecule has 1 aliphatic carbocycles. The first-order valence-corrected chi connectivity index (χ1v) is 5.25. The fourth-order valence-electron chi connectivity index (χ4n) is 0.933. The highest BCUT2D eigenvalue weighted by molar-refractivity contribution is 8.03. The van der Waals surface area contributed by atoms with E-state index in [1.807, 2.05) is 12.2 Å². The molecule has 2 N–H and O–H groups in total. The first-order chi connectivity index (χ1) is 5.74. The third-order valence-corrected chi connectivity index (χ3v) is 2.75. The van der Waals surface area contributed by atoms with Crippen LogP contribution in [0.25, 0.3) is 0 Å². The molecule has 0 spiro atoms. The zero-order chi connectivity index (χ0) is 8.97. The van der Waals surface area contributed by atoms with E-state index in [0.29, 0.717) is 5.70 Å². The molecule has 1 nitrogen and oxygen atoms in total. The number of halogens is 1. The van der Waals surface area contributed by atoms with Crippen molar-refractivity contribution in [1.29, 1.82) is 0 Å². The van der Waals surface area contributed by atoms with Crippen LogP contribution in [-0.2, 0) is 0 Å². The zero-order valence-corrected chi connectivity index (χ0v) is 8.58. The number of allylic oxidation sites excluding steroid dienone is 4. The summed E-state index contributed by atoms with van der Waals surface area (Å²) in [7, 11) is 0. The van der Waals surface area contributed by atoms with Crippen LogP contribution in [0.4, 0.5) is 0 Å². The van der Waals surface area contributed by atoms with Gasteiger partial charge in [0.1, 0.15) is 0 Å². The topological polar surface area (TPSA) is 26.0 Å². The fourth-order valence-corrected chi connectivity index (χ4v) is 1.81. The summed E-state index contributed by atoms with van der Waals surface area (Å²) in [5.41, 5.74) is 6.41. The summed E-state index contributed by atoms with van der Waals surface area (Å²) in [5.74, 6) is 1.06. The molecule has 0 heterocycles. The zero-order valence-electron chi connectivity index (χ0n) is 7.01. The van der Waals surface area contributed by atoms with Gasteiger partial charge < -0.3 is 5.73 Å². The summed E-state index contributed by atoms with van der Waals surface area (Å²) < 4.78 is 0. The van der Waals surface area contributed by atoms with E-state index in [-0.39, 0.29) is 0 Å². The monoisotopic (exact) mass is 201 g/mol. The van der Waals surface area contributed by atoms with E-state index in [1.54, 1.807) is 11.8 Å². The first-order valence-electron chi connectivity index (χ1n) is 3.89. The highest BCUT2D eigenvalue weighted by Crippen LogP contribution is 2.24. The van der Waals surface area contributed by atoms with E-state index in [4.69, 9.17) is 17.3 Å². The van der Waals surface area contributed by atoms with E-state index in [9.17, 15) is 0 Å². The quantitative estimate of drug-likeness (QED) is 0.744. The van der Waals surface area contributed by atoms with Gasteiger partial charge in [-0.05, 0) is 11.8 Å². The molecule has 0 fully saturated rings. The van der Waals surface area contributed by atoms with E-state index in [1.165, 1.54) is 4.91 Å². The van der Waals surface area contributed by atoms with E-state index >= 15 is 0 Å². The van der Waals surface area contributed by atoms with Gasteiger partial charge in [-0.15, -0.1) is 11.8 Å². The molecule has 0 saturated heterocycles. The van der Waals surface area contributed by atoms with Gasteiger partial charge in [0, 0.05) is 22.1 Å². The van der Waals surface area contributed by atoms with Crippen molar-refractivity contribution < 1.29 is 0 Å². The predicted molar refractivity (Wildman–Crippen MR) is 57.0 cm³/mol. The molecular formula is C9H12ClNS. The SMILES string of the molecule is CCSC1=CC(N)=C(Cl)CC=C1. The largest absolute Gasteiger partial charge is 0.398 e. The molecule has 0 amide bonds. The lowest BCUT2D eigenvalue weighted by Gasteiger charge is -1.98. The summed E-state index contributed by atoms with van der Waals surface area (Å²) in [6, 6.07) is 0. The Kier molecular flexibility index (Phi) is 3.76. The third kappa shape index (κ3) is 2.61. The number of thioether (sulfide) groups is 1. The minimum Gasteiger partial charge on any atom is -0.398 e. The Hall–Kier alpha value is -0.340. The highest BCUT2D eigenvalue weighted by Gasteiger charge is 2.02. The van der Waals surface area contributed by atoms with Crippen molar-refractivity contribution in [1.82, 2.24) is 0 Å². The van der Waals surface area contributed by atoms with Gasteiger partial charge in [0.2, 0.25) is 0 Å². The number of nitrogens with two attached hydrogens (primary N) is 1. The maximum absolute atomic E-state index is 5.89. The average Bonchev–Trinajstić information content (AvgIpc) is 2.16. The molecule has 66 valence electrons. The normalized spacial score (nSPS) is 17.7. The van der Waals surface area contributed by atoms with Crippen LogP contribution in [0.3, 0.4) is 0 Å². The molecule has 0 unspecified atom stereocenters. The summed E-state index contributed by atoms with van der Waals surface area (Å²) in [4.78, 5) is 1.19. The molecule has 0 bridgehead atoms. The van der Waals surface area contributed by atoms with Crippen LogP contribution in [0, 0.1) is 0 Å². The summed E-state index contributed by atoms with van der Waals surface area (Å²) >= 11 is 7.66. The van der Waals surface area contributed by atoms with Gasteiger partial charge in [0.05, 0.1) is 0 Å². The van der Waals surface area contributed by atoms with Crippen molar-refractivity contribution >= 4 is 23.4 Å². The molecule has 0 atom stereocenters. The fraction of sp³-hybridized carbons (Fsp3) is 0.333. The van der Waals surface area contributed by atoms with Gasteiger partial charge in [-0.2, -0.15) is 0 Å². The van der Waals surface area contributed by atoms with Crippen molar-refractivity contribution in [3.05, 3.63) is 33.9 Å². The molecule has 3 heteroatoms. The van der Waals surface area contributed by atoms with Crippen LogP contribution in [0.15, 0.2) is 33.9 Å². The van der Waals surface area contributed by atoms with Crippen LogP contribution < -0.4 is 5.73 Å². The van der Waals surface area contributed by atoms with Gasteiger partial charge in [-0.25, -0.2) is 0 Å². The van der Waals surface area contributed by atoms with Gasteiger partial charge in [-0.1, -0.05) is 30.7 Å². The minimum absolute atomic E-state index is 0.692. The van der Waals surface area contributed by atoms with Crippen LogP contribution in [-0.4, -0.2) is 5.75 Å². The van der Waals surface area contributed by atoms with Crippen LogP contribution in [0.2, 0.25) is 0 Å².